The summed E-state index contributed by atoms with van der Waals surface area (Å²) in [6.07, 6.45) is 2.17. The quantitative estimate of drug-likeness (QED) is 0.312. The second-order valence-corrected chi connectivity index (χ2v) is 5.90. The van der Waals surface area contributed by atoms with Crippen molar-refractivity contribution < 1.29 is 18.0 Å². The SMILES string of the molecule is C=C(/C=C\C=C/N)N/C(=N\C=N)[C@H](C)NC(=O)c1cc(Cl)cc(C(F)(F)F)c1. The van der Waals surface area contributed by atoms with Crippen LogP contribution in [0.3, 0.4) is 0 Å². The van der Waals surface area contributed by atoms with Crippen molar-refractivity contribution in [2.24, 2.45) is 10.7 Å². The Kier molecular flexibility index (Phi) is 8.46. The second-order valence-electron chi connectivity index (χ2n) is 5.46. The minimum absolute atomic E-state index is 0.160. The Morgan fingerprint density at radius 2 is 2.04 bits per heavy atom. The number of carbonyl (C=O) groups excluding carboxylic acids is 1. The van der Waals surface area contributed by atoms with Gasteiger partial charge in [-0.1, -0.05) is 24.3 Å². The number of carbonyl (C=O) groups is 1. The number of rotatable bonds is 7. The molecule has 0 aliphatic carbocycles. The van der Waals surface area contributed by atoms with Gasteiger partial charge in [-0.3, -0.25) is 10.2 Å². The fourth-order valence-electron chi connectivity index (χ4n) is 2.00. The number of hydrogen-bond donors (Lipinski definition) is 4. The Hall–Kier alpha value is -3.07. The third-order valence-corrected chi connectivity index (χ3v) is 3.48. The van der Waals surface area contributed by atoms with E-state index in [1.165, 1.54) is 6.20 Å². The van der Waals surface area contributed by atoms with Crippen molar-refractivity contribution in [3.05, 3.63) is 71.1 Å². The van der Waals surface area contributed by atoms with E-state index in [0.717, 1.165) is 18.5 Å². The minimum Gasteiger partial charge on any atom is -0.405 e. The van der Waals surface area contributed by atoms with Crippen molar-refractivity contribution in [3.63, 3.8) is 0 Å². The largest absolute Gasteiger partial charge is 0.416 e. The van der Waals surface area contributed by atoms with Gasteiger partial charge in [0.2, 0.25) is 0 Å². The van der Waals surface area contributed by atoms with E-state index in [1.807, 2.05) is 0 Å². The summed E-state index contributed by atoms with van der Waals surface area (Å²) in [4.78, 5) is 16.2. The van der Waals surface area contributed by atoms with E-state index in [1.54, 1.807) is 25.2 Å². The zero-order chi connectivity index (χ0) is 21.3. The van der Waals surface area contributed by atoms with Crippen LogP contribution in [0.4, 0.5) is 13.2 Å². The molecule has 0 fully saturated rings. The molecule has 0 spiro atoms. The highest BCUT2D eigenvalue weighted by Gasteiger charge is 2.32. The number of alkyl halides is 3. The van der Waals surface area contributed by atoms with Crippen molar-refractivity contribution in [2.45, 2.75) is 19.1 Å². The highest BCUT2D eigenvalue weighted by molar-refractivity contribution is 6.31. The molecule has 0 saturated heterocycles. The minimum atomic E-state index is -4.64. The maximum Gasteiger partial charge on any atom is 0.416 e. The molecular formula is C18H19ClF3N5O. The number of aliphatic imine (C=N–C) groups is 1. The average molecular weight is 414 g/mol. The van der Waals surface area contributed by atoms with Crippen molar-refractivity contribution in [2.75, 3.05) is 0 Å². The molecule has 0 radical (unpaired) electrons. The smallest absolute Gasteiger partial charge is 0.405 e. The van der Waals surface area contributed by atoms with E-state index in [2.05, 4.69) is 22.2 Å². The molecule has 0 aliphatic heterocycles. The van der Waals surface area contributed by atoms with Gasteiger partial charge in [0.1, 0.15) is 12.2 Å². The van der Waals surface area contributed by atoms with Gasteiger partial charge < -0.3 is 16.4 Å². The molecule has 1 atom stereocenters. The predicted molar refractivity (Wildman–Crippen MR) is 104 cm³/mol. The molecule has 0 unspecified atom stereocenters. The second kappa shape index (κ2) is 10.3. The number of nitrogens with one attached hydrogen (secondary N) is 3. The van der Waals surface area contributed by atoms with E-state index in [0.29, 0.717) is 11.8 Å². The summed E-state index contributed by atoms with van der Waals surface area (Å²) >= 11 is 5.70. The highest BCUT2D eigenvalue weighted by atomic mass is 35.5. The van der Waals surface area contributed by atoms with Crippen LogP contribution in [0.15, 0.2) is 59.9 Å². The van der Waals surface area contributed by atoms with Crippen molar-refractivity contribution in [3.8, 4) is 0 Å². The Bertz CT molecular complexity index is 831. The number of amides is 1. The van der Waals surface area contributed by atoms with Gasteiger partial charge in [0.25, 0.3) is 5.91 Å². The normalized spacial score (nSPS) is 13.5. The maximum absolute atomic E-state index is 12.9. The zero-order valence-corrected chi connectivity index (χ0v) is 15.6. The lowest BCUT2D eigenvalue weighted by Gasteiger charge is -2.18. The van der Waals surface area contributed by atoms with Crippen LogP contribution >= 0.6 is 11.6 Å². The molecule has 0 bridgehead atoms. The van der Waals surface area contributed by atoms with Crippen LogP contribution in [0.2, 0.25) is 5.02 Å². The third kappa shape index (κ3) is 7.28. The lowest BCUT2D eigenvalue weighted by atomic mass is 10.1. The summed E-state index contributed by atoms with van der Waals surface area (Å²) in [5.74, 6) is -0.625. The van der Waals surface area contributed by atoms with Gasteiger partial charge in [0.05, 0.1) is 11.6 Å². The lowest BCUT2D eigenvalue weighted by Crippen LogP contribution is -2.44. The molecule has 6 nitrogen and oxygen atoms in total. The number of hydrogen-bond acceptors (Lipinski definition) is 3. The van der Waals surface area contributed by atoms with Crippen molar-refractivity contribution in [1.82, 2.24) is 10.6 Å². The first kappa shape index (κ1) is 23.0. The van der Waals surface area contributed by atoms with Gasteiger partial charge in [0.15, 0.2) is 0 Å². The zero-order valence-electron chi connectivity index (χ0n) is 14.8. The van der Waals surface area contributed by atoms with Crippen LogP contribution in [-0.4, -0.2) is 24.1 Å². The predicted octanol–water partition coefficient (Wildman–Crippen LogP) is 3.61. The number of allylic oxidation sites excluding steroid dienone is 3. The first-order valence-corrected chi connectivity index (χ1v) is 8.22. The molecule has 0 aliphatic rings. The van der Waals surface area contributed by atoms with Crippen LogP contribution < -0.4 is 16.4 Å². The summed E-state index contributed by atoms with van der Waals surface area (Å²) < 4.78 is 38.7. The van der Waals surface area contributed by atoms with Gasteiger partial charge in [-0.25, -0.2) is 4.99 Å². The summed E-state index contributed by atoms with van der Waals surface area (Å²) in [6, 6.07) is 1.80. The monoisotopic (exact) mass is 413 g/mol. The number of nitrogens with zero attached hydrogens (tertiary/aromatic N) is 1. The molecule has 1 rings (SSSR count). The van der Waals surface area contributed by atoms with E-state index < -0.39 is 23.7 Å². The summed E-state index contributed by atoms with van der Waals surface area (Å²) in [5.41, 5.74) is 4.31. The molecule has 1 aromatic rings. The van der Waals surface area contributed by atoms with Gasteiger partial charge in [-0.05, 0) is 43.5 Å². The van der Waals surface area contributed by atoms with Crippen molar-refractivity contribution >= 4 is 29.7 Å². The first-order valence-electron chi connectivity index (χ1n) is 7.84. The number of benzene rings is 1. The summed E-state index contributed by atoms with van der Waals surface area (Å²) in [7, 11) is 0. The molecular weight excluding hydrogens is 395 g/mol. The molecule has 0 aromatic heterocycles. The summed E-state index contributed by atoms with van der Waals surface area (Å²) in [6.45, 7) is 5.28. The molecule has 150 valence electrons. The van der Waals surface area contributed by atoms with E-state index in [9.17, 15) is 18.0 Å². The van der Waals surface area contributed by atoms with Crippen LogP contribution in [0.1, 0.15) is 22.8 Å². The Balaban J connectivity index is 2.97. The fraction of sp³-hybridized carbons (Fsp3) is 0.167. The van der Waals surface area contributed by atoms with Gasteiger partial charge in [-0.15, -0.1) is 0 Å². The Morgan fingerprint density at radius 1 is 1.36 bits per heavy atom. The highest BCUT2D eigenvalue weighted by Crippen LogP contribution is 2.31. The molecule has 0 saturated carbocycles. The molecule has 1 aromatic carbocycles. The fourth-order valence-corrected chi connectivity index (χ4v) is 2.23. The van der Waals surface area contributed by atoms with Crippen LogP contribution in [0.5, 0.6) is 0 Å². The van der Waals surface area contributed by atoms with E-state index in [-0.39, 0.29) is 16.4 Å². The Labute approximate surface area is 165 Å². The van der Waals surface area contributed by atoms with Gasteiger partial charge >= 0.3 is 6.18 Å². The van der Waals surface area contributed by atoms with E-state index in [4.69, 9.17) is 22.7 Å². The van der Waals surface area contributed by atoms with Gasteiger partial charge in [-0.2, -0.15) is 13.2 Å². The number of amidine groups is 1. The molecule has 10 heteroatoms. The summed E-state index contributed by atoms with van der Waals surface area (Å²) in [5, 5.41) is 12.2. The average Bonchev–Trinajstić information content (AvgIpc) is 2.60. The third-order valence-electron chi connectivity index (χ3n) is 3.26. The molecule has 5 N–H and O–H groups in total. The van der Waals surface area contributed by atoms with Crippen LogP contribution in [0.25, 0.3) is 0 Å². The Morgan fingerprint density at radius 3 is 2.61 bits per heavy atom. The standard InChI is InChI=1S/C18H19ClF3N5O/c1-11(5-3-4-6-23)26-16(25-10-24)12(2)27-17(28)13-7-14(18(20,21)22)9-15(19)8-13/h3-10,12H,1,23H2,2H3,(H,27,28)(H2,24,25,26)/b5-3-,6-4-/t12-/m0/s1. The number of nitrogens with two attached hydrogens (primary N) is 1. The molecule has 28 heavy (non-hydrogen) atoms. The maximum atomic E-state index is 12.9. The van der Waals surface area contributed by atoms with Crippen molar-refractivity contribution in [1.29, 1.82) is 5.41 Å². The topological polar surface area (TPSA) is 103 Å². The van der Waals surface area contributed by atoms with E-state index >= 15 is 0 Å². The molecule has 0 heterocycles. The van der Waals surface area contributed by atoms with Gasteiger partial charge in [0, 0.05) is 16.3 Å². The van der Waals surface area contributed by atoms with Crippen LogP contribution in [0, 0.1) is 5.41 Å². The lowest BCUT2D eigenvalue weighted by molar-refractivity contribution is -0.137. The van der Waals surface area contributed by atoms with Crippen LogP contribution in [-0.2, 0) is 6.18 Å². The first-order chi connectivity index (χ1) is 13.1. The number of halogens is 4. The molecule has 1 amide bonds.